The van der Waals surface area contributed by atoms with Crippen molar-refractivity contribution in [2.45, 2.75) is 50.1 Å². The highest BCUT2D eigenvalue weighted by Crippen LogP contribution is 2.36. The van der Waals surface area contributed by atoms with Crippen LogP contribution in [-0.2, 0) is 16.6 Å². The van der Waals surface area contributed by atoms with E-state index in [1.165, 1.54) is 4.31 Å². The Kier molecular flexibility index (Phi) is 4.10. The van der Waals surface area contributed by atoms with Crippen LogP contribution < -0.4 is 0 Å². The predicted molar refractivity (Wildman–Crippen MR) is 104 cm³/mol. The van der Waals surface area contributed by atoms with E-state index in [9.17, 15) is 13.2 Å². The normalized spacial score (nSPS) is 23.9. The van der Waals surface area contributed by atoms with Crippen molar-refractivity contribution in [1.29, 1.82) is 0 Å². The van der Waals surface area contributed by atoms with Crippen LogP contribution in [0.3, 0.4) is 0 Å². The SMILES string of the molecule is CC1CCCN1C(=O)c1ncn2c1CN(CC1CC1)S(=O)(=O)c1ccccc1-2. The standard InChI is InChI=1S/C20H24N4O3S/c1-14-5-4-10-23(14)20(25)19-17-12-22(11-15-8-9-15)28(26,27)18-7-3-2-6-16(18)24(17)13-21-19/h2-3,6-7,13-15H,4-5,8-12H2,1H3. The van der Waals surface area contributed by atoms with E-state index in [0.717, 1.165) is 32.2 Å². The van der Waals surface area contributed by atoms with Crippen molar-refractivity contribution in [1.82, 2.24) is 18.8 Å². The molecule has 5 rings (SSSR count). The van der Waals surface area contributed by atoms with Crippen LogP contribution in [0.5, 0.6) is 0 Å². The van der Waals surface area contributed by atoms with E-state index in [4.69, 9.17) is 0 Å². The summed E-state index contributed by atoms with van der Waals surface area (Å²) in [6, 6.07) is 7.17. The summed E-state index contributed by atoms with van der Waals surface area (Å²) in [5.41, 5.74) is 1.61. The van der Waals surface area contributed by atoms with Crippen LogP contribution >= 0.6 is 0 Å². The first-order chi connectivity index (χ1) is 13.5. The summed E-state index contributed by atoms with van der Waals surface area (Å²) in [4.78, 5) is 19.8. The molecule has 8 heteroatoms. The minimum atomic E-state index is -3.62. The monoisotopic (exact) mass is 400 g/mol. The van der Waals surface area contributed by atoms with Crippen molar-refractivity contribution in [3.63, 3.8) is 0 Å². The van der Waals surface area contributed by atoms with Crippen LogP contribution in [0.25, 0.3) is 5.69 Å². The van der Waals surface area contributed by atoms with Gasteiger partial charge < -0.3 is 4.90 Å². The average Bonchev–Trinajstić information content (AvgIpc) is 3.26. The number of benzene rings is 1. The molecule has 1 amide bonds. The highest BCUT2D eigenvalue weighted by Gasteiger charge is 2.39. The Morgan fingerprint density at radius 1 is 1.21 bits per heavy atom. The highest BCUT2D eigenvalue weighted by molar-refractivity contribution is 7.89. The zero-order valence-electron chi connectivity index (χ0n) is 15.9. The molecule has 1 aliphatic carbocycles. The van der Waals surface area contributed by atoms with E-state index in [1.807, 2.05) is 11.0 Å². The van der Waals surface area contributed by atoms with Crippen LogP contribution in [0.2, 0.25) is 0 Å². The summed E-state index contributed by atoms with van der Waals surface area (Å²) in [6.07, 6.45) is 5.70. The number of imidazole rings is 1. The third kappa shape index (κ3) is 2.78. The van der Waals surface area contributed by atoms with Crippen molar-refractivity contribution < 1.29 is 13.2 Å². The Labute approximate surface area is 165 Å². The van der Waals surface area contributed by atoms with E-state index in [2.05, 4.69) is 11.9 Å². The quantitative estimate of drug-likeness (QED) is 0.793. The summed E-state index contributed by atoms with van der Waals surface area (Å²) >= 11 is 0. The summed E-state index contributed by atoms with van der Waals surface area (Å²) in [5, 5.41) is 0. The lowest BCUT2D eigenvalue weighted by molar-refractivity contribution is 0.0740. The van der Waals surface area contributed by atoms with Gasteiger partial charge in [0.1, 0.15) is 11.2 Å². The van der Waals surface area contributed by atoms with Gasteiger partial charge in [0.25, 0.3) is 5.91 Å². The number of likely N-dealkylation sites (tertiary alicyclic amines) is 1. The number of sulfonamides is 1. The largest absolute Gasteiger partial charge is 0.335 e. The number of aromatic nitrogens is 2. The molecule has 1 saturated carbocycles. The fourth-order valence-electron chi connectivity index (χ4n) is 4.30. The number of para-hydroxylation sites is 1. The first-order valence-electron chi connectivity index (χ1n) is 9.93. The fraction of sp³-hybridized carbons (Fsp3) is 0.500. The van der Waals surface area contributed by atoms with Gasteiger partial charge in [0.05, 0.1) is 17.9 Å². The molecule has 148 valence electrons. The van der Waals surface area contributed by atoms with E-state index < -0.39 is 10.0 Å². The Bertz CT molecular complexity index is 1040. The second-order valence-electron chi connectivity index (χ2n) is 8.11. The third-order valence-corrected chi connectivity index (χ3v) is 7.97. The number of hydrogen-bond acceptors (Lipinski definition) is 4. The maximum atomic E-state index is 13.3. The minimum Gasteiger partial charge on any atom is -0.335 e. The molecule has 28 heavy (non-hydrogen) atoms. The average molecular weight is 401 g/mol. The molecule has 2 aromatic rings. The fourth-order valence-corrected chi connectivity index (χ4v) is 5.96. The zero-order chi connectivity index (χ0) is 19.5. The van der Waals surface area contributed by atoms with Crippen LogP contribution in [0.1, 0.15) is 48.8 Å². The van der Waals surface area contributed by atoms with Gasteiger partial charge in [0.2, 0.25) is 10.0 Å². The van der Waals surface area contributed by atoms with Crippen molar-refractivity contribution >= 4 is 15.9 Å². The van der Waals surface area contributed by atoms with Crippen LogP contribution in [0.15, 0.2) is 35.5 Å². The van der Waals surface area contributed by atoms with Crippen LogP contribution in [0, 0.1) is 5.92 Å². The summed E-state index contributed by atoms with van der Waals surface area (Å²) in [5.74, 6) is 0.316. The van der Waals surface area contributed by atoms with Gasteiger partial charge in [0.15, 0.2) is 5.69 Å². The maximum Gasteiger partial charge on any atom is 0.274 e. The molecule has 1 unspecified atom stereocenters. The molecular formula is C20H24N4O3S. The maximum absolute atomic E-state index is 13.3. The molecule has 0 spiro atoms. The van der Waals surface area contributed by atoms with Crippen LogP contribution in [0.4, 0.5) is 0 Å². The molecule has 0 N–H and O–H groups in total. The second kappa shape index (κ2) is 6.42. The molecule has 7 nitrogen and oxygen atoms in total. The van der Waals surface area contributed by atoms with E-state index in [-0.39, 0.29) is 23.4 Å². The number of fused-ring (bicyclic) bond motifs is 3. The predicted octanol–water partition coefficient (Wildman–Crippen LogP) is 2.41. The molecular weight excluding hydrogens is 376 g/mol. The molecule has 1 aromatic carbocycles. The highest BCUT2D eigenvalue weighted by atomic mass is 32.2. The van der Waals surface area contributed by atoms with Crippen molar-refractivity contribution in [3.05, 3.63) is 42.0 Å². The van der Waals surface area contributed by atoms with E-state index in [1.54, 1.807) is 29.1 Å². The van der Waals surface area contributed by atoms with Crippen LogP contribution in [-0.4, -0.2) is 52.2 Å². The molecule has 3 aliphatic rings. The first-order valence-corrected chi connectivity index (χ1v) is 11.4. The molecule has 1 saturated heterocycles. The molecule has 3 heterocycles. The minimum absolute atomic E-state index is 0.0955. The van der Waals surface area contributed by atoms with Crippen molar-refractivity contribution in [2.75, 3.05) is 13.1 Å². The second-order valence-corrected chi connectivity index (χ2v) is 10.0. The van der Waals surface area contributed by atoms with E-state index in [0.29, 0.717) is 29.5 Å². The number of rotatable bonds is 3. The Morgan fingerprint density at radius 2 is 2.00 bits per heavy atom. The number of hydrogen-bond donors (Lipinski definition) is 0. The number of carbonyl (C=O) groups is 1. The molecule has 0 bridgehead atoms. The lowest BCUT2D eigenvalue weighted by Gasteiger charge is -2.22. The Morgan fingerprint density at radius 3 is 2.71 bits per heavy atom. The smallest absolute Gasteiger partial charge is 0.274 e. The first kappa shape index (κ1) is 17.9. The number of carbonyl (C=O) groups excluding carboxylic acids is 1. The molecule has 1 aromatic heterocycles. The number of nitrogens with zero attached hydrogens (tertiary/aromatic N) is 4. The lowest BCUT2D eigenvalue weighted by Crippen LogP contribution is -2.36. The van der Waals surface area contributed by atoms with Gasteiger partial charge in [-0.05, 0) is 50.7 Å². The van der Waals surface area contributed by atoms with Crippen molar-refractivity contribution in [2.24, 2.45) is 5.92 Å². The summed E-state index contributed by atoms with van der Waals surface area (Å²) < 4.78 is 30.0. The van der Waals surface area contributed by atoms with Gasteiger partial charge in [-0.2, -0.15) is 4.31 Å². The molecule has 2 aliphatic heterocycles. The Balaban J connectivity index is 1.64. The van der Waals surface area contributed by atoms with Gasteiger partial charge in [-0.3, -0.25) is 9.36 Å². The van der Waals surface area contributed by atoms with E-state index >= 15 is 0 Å². The van der Waals surface area contributed by atoms with Crippen molar-refractivity contribution in [3.8, 4) is 5.69 Å². The summed E-state index contributed by atoms with van der Waals surface area (Å²) in [6.45, 7) is 3.46. The molecule has 0 radical (unpaired) electrons. The topological polar surface area (TPSA) is 75.5 Å². The summed E-state index contributed by atoms with van der Waals surface area (Å²) in [7, 11) is -3.62. The lowest BCUT2D eigenvalue weighted by atomic mass is 10.2. The molecule has 1 atom stereocenters. The van der Waals surface area contributed by atoms with Gasteiger partial charge >= 0.3 is 0 Å². The third-order valence-electron chi connectivity index (χ3n) is 6.11. The Hall–Kier alpha value is -2.19. The number of amides is 1. The van der Waals surface area contributed by atoms with Gasteiger partial charge in [-0.15, -0.1) is 0 Å². The van der Waals surface area contributed by atoms with Gasteiger partial charge in [-0.1, -0.05) is 12.1 Å². The molecule has 2 fully saturated rings. The van der Waals surface area contributed by atoms with Gasteiger partial charge in [-0.25, -0.2) is 13.4 Å². The van der Waals surface area contributed by atoms with Gasteiger partial charge in [0, 0.05) is 19.1 Å². The zero-order valence-corrected chi connectivity index (χ0v) is 16.7.